The zero-order valence-corrected chi connectivity index (χ0v) is 11.9. The van der Waals surface area contributed by atoms with Gasteiger partial charge in [0, 0.05) is 29.6 Å². The van der Waals surface area contributed by atoms with Crippen molar-refractivity contribution in [2.75, 3.05) is 13.1 Å². The molecular formula is C15H13F4NO3. The second-order valence-electron chi connectivity index (χ2n) is 6.00. The first-order valence-corrected chi connectivity index (χ1v) is 7.07. The number of benzene rings is 1. The van der Waals surface area contributed by atoms with E-state index in [4.69, 9.17) is 5.11 Å². The fraction of sp³-hybridized carbons (Fsp3) is 0.467. The number of carboxylic acid groups (broad SMARTS) is 1. The fourth-order valence-electron chi connectivity index (χ4n) is 3.15. The lowest BCUT2D eigenvalue weighted by molar-refractivity contribution is -0.140. The first-order valence-electron chi connectivity index (χ1n) is 7.07. The molecule has 1 fully saturated rings. The van der Waals surface area contributed by atoms with E-state index in [1.807, 2.05) is 0 Å². The van der Waals surface area contributed by atoms with Crippen LogP contribution in [0.3, 0.4) is 0 Å². The summed E-state index contributed by atoms with van der Waals surface area (Å²) in [6.45, 7) is 0.0162. The minimum atomic E-state index is -4.82. The molecule has 1 aliphatic heterocycles. The maximum absolute atomic E-state index is 14.4. The molecule has 1 saturated carbocycles. The van der Waals surface area contributed by atoms with Crippen molar-refractivity contribution >= 4 is 11.9 Å². The fourth-order valence-corrected chi connectivity index (χ4v) is 3.15. The molecule has 1 aliphatic carbocycles. The van der Waals surface area contributed by atoms with Gasteiger partial charge in [-0.3, -0.25) is 9.59 Å². The Kier molecular flexibility index (Phi) is 3.38. The van der Waals surface area contributed by atoms with Crippen molar-refractivity contribution in [1.29, 1.82) is 0 Å². The van der Waals surface area contributed by atoms with E-state index in [9.17, 15) is 27.2 Å². The molecule has 2 aliphatic rings. The molecule has 23 heavy (non-hydrogen) atoms. The molecule has 1 amide bonds. The van der Waals surface area contributed by atoms with Crippen LogP contribution in [0.4, 0.5) is 17.6 Å². The number of nitrogens with zero attached hydrogens (tertiary/aromatic N) is 1. The number of fused-ring (bicyclic) bond motifs is 2. The quantitative estimate of drug-likeness (QED) is 0.867. The number of halogens is 4. The van der Waals surface area contributed by atoms with E-state index < -0.39 is 34.8 Å². The molecule has 0 saturated heterocycles. The monoisotopic (exact) mass is 331 g/mol. The number of rotatable bonds is 3. The zero-order valence-electron chi connectivity index (χ0n) is 11.9. The van der Waals surface area contributed by atoms with Gasteiger partial charge in [-0.1, -0.05) is 0 Å². The van der Waals surface area contributed by atoms with Gasteiger partial charge in [0.2, 0.25) is 0 Å². The van der Waals surface area contributed by atoms with Crippen molar-refractivity contribution in [3.8, 4) is 0 Å². The Hall–Kier alpha value is -2.12. The van der Waals surface area contributed by atoms with Crippen molar-refractivity contribution in [2.45, 2.75) is 30.9 Å². The summed E-state index contributed by atoms with van der Waals surface area (Å²) in [4.78, 5) is 24.3. The van der Waals surface area contributed by atoms with E-state index in [-0.39, 0.29) is 30.6 Å². The first-order chi connectivity index (χ1) is 10.7. The highest BCUT2D eigenvalue weighted by Crippen LogP contribution is 2.54. The van der Waals surface area contributed by atoms with Crippen molar-refractivity contribution in [2.24, 2.45) is 0 Å². The zero-order chi connectivity index (χ0) is 17.0. The minimum Gasteiger partial charge on any atom is -0.481 e. The highest BCUT2D eigenvalue weighted by Gasteiger charge is 2.54. The lowest BCUT2D eigenvalue weighted by Gasteiger charge is -2.35. The predicted octanol–water partition coefficient (Wildman–Crippen LogP) is 2.81. The second-order valence-corrected chi connectivity index (χ2v) is 6.00. The Morgan fingerprint density at radius 1 is 1.30 bits per heavy atom. The highest BCUT2D eigenvalue weighted by molar-refractivity contribution is 5.98. The molecule has 0 bridgehead atoms. The Balaban J connectivity index is 2.04. The summed E-state index contributed by atoms with van der Waals surface area (Å²) in [6, 6.07) is 1.57. The maximum atomic E-state index is 14.4. The highest BCUT2D eigenvalue weighted by atomic mass is 19.4. The van der Waals surface area contributed by atoms with E-state index >= 15 is 0 Å². The molecule has 1 aromatic rings. The molecule has 1 aromatic carbocycles. The standard InChI is InChI=1S/C15H13F4NO3/c16-12-9(15(17,18)19)2-1-8-11(12)14(4-5-14)7-20(13(8)23)6-3-10(21)22/h1-2H,3-7H2,(H,21,22). The SMILES string of the molecule is O=C(O)CCN1CC2(CC2)c2c(ccc(C(F)(F)F)c2F)C1=O. The first kappa shape index (κ1) is 15.8. The van der Waals surface area contributed by atoms with Crippen LogP contribution < -0.4 is 0 Å². The van der Waals surface area contributed by atoms with Crippen molar-refractivity contribution in [1.82, 2.24) is 4.90 Å². The number of carbonyl (C=O) groups is 2. The van der Waals surface area contributed by atoms with Crippen molar-refractivity contribution in [3.63, 3.8) is 0 Å². The molecule has 1 N–H and O–H groups in total. The largest absolute Gasteiger partial charge is 0.481 e. The molecule has 0 aromatic heterocycles. The van der Waals surface area contributed by atoms with Gasteiger partial charge in [0.1, 0.15) is 5.82 Å². The Labute approximate surface area is 128 Å². The van der Waals surface area contributed by atoms with Gasteiger partial charge in [-0.2, -0.15) is 13.2 Å². The molecule has 0 atom stereocenters. The second kappa shape index (κ2) is 4.94. The van der Waals surface area contributed by atoms with Gasteiger partial charge >= 0.3 is 12.1 Å². The van der Waals surface area contributed by atoms with Gasteiger partial charge in [0.25, 0.3) is 5.91 Å². The maximum Gasteiger partial charge on any atom is 0.419 e. The van der Waals surface area contributed by atoms with Gasteiger partial charge < -0.3 is 10.0 Å². The Morgan fingerprint density at radius 3 is 2.48 bits per heavy atom. The van der Waals surface area contributed by atoms with Gasteiger partial charge in [-0.25, -0.2) is 4.39 Å². The molecule has 124 valence electrons. The molecular weight excluding hydrogens is 318 g/mol. The van der Waals surface area contributed by atoms with Gasteiger partial charge in [0.05, 0.1) is 12.0 Å². The molecule has 1 heterocycles. The third-order valence-electron chi connectivity index (χ3n) is 4.44. The Morgan fingerprint density at radius 2 is 1.96 bits per heavy atom. The average molecular weight is 331 g/mol. The van der Waals surface area contributed by atoms with Crippen LogP contribution in [0.15, 0.2) is 12.1 Å². The van der Waals surface area contributed by atoms with Crippen LogP contribution in [-0.4, -0.2) is 35.0 Å². The molecule has 0 unspecified atom stereocenters. The molecule has 1 spiro atoms. The van der Waals surface area contributed by atoms with Crippen LogP contribution >= 0.6 is 0 Å². The average Bonchev–Trinajstić information content (AvgIpc) is 3.20. The number of carboxylic acids is 1. The van der Waals surface area contributed by atoms with Gasteiger partial charge in [0.15, 0.2) is 0 Å². The lowest BCUT2D eigenvalue weighted by atomic mass is 9.84. The summed E-state index contributed by atoms with van der Waals surface area (Å²) in [6.07, 6.45) is -4.12. The Bertz CT molecular complexity index is 695. The number of amides is 1. The number of carbonyl (C=O) groups excluding carboxylic acids is 1. The molecule has 8 heteroatoms. The van der Waals surface area contributed by atoms with E-state index in [1.165, 1.54) is 4.90 Å². The van der Waals surface area contributed by atoms with Crippen LogP contribution in [0.1, 0.15) is 40.7 Å². The van der Waals surface area contributed by atoms with E-state index in [1.54, 1.807) is 0 Å². The summed E-state index contributed by atoms with van der Waals surface area (Å²) in [5.41, 5.74) is -2.43. The number of alkyl halides is 3. The third-order valence-corrected chi connectivity index (χ3v) is 4.44. The molecule has 4 nitrogen and oxygen atoms in total. The predicted molar refractivity (Wildman–Crippen MR) is 70.5 cm³/mol. The van der Waals surface area contributed by atoms with Gasteiger partial charge in [-0.05, 0) is 25.0 Å². The smallest absolute Gasteiger partial charge is 0.419 e. The van der Waals surface area contributed by atoms with E-state index in [2.05, 4.69) is 0 Å². The minimum absolute atomic E-state index is 0.0437. The summed E-state index contributed by atoms with van der Waals surface area (Å²) >= 11 is 0. The van der Waals surface area contributed by atoms with Crippen LogP contribution in [-0.2, 0) is 16.4 Å². The van der Waals surface area contributed by atoms with E-state index in [0.717, 1.165) is 6.07 Å². The summed E-state index contributed by atoms with van der Waals surface area (Å²) < 4.78 is 53.0. The third kappa shape index (κ3) is 2.55. The van der Waals surface area contributed by atoms with Gasteiger partial charge in [-0.15, -0.1) is 0 Å². The summed E-state index contributed by atoms with van der Waals surface area (Å²) in [7, 11) is 0. The lowest BCUT2D eigenvalue weighted by Crippen LogP contribution is -2.45. The van der Waals surface area contributed by atoms with Crippen LogP contribution in [0, 0.1) is 5.82 Å². The van der Waals surface area contributed by atoms with Crippen molar-refractivity contribution in [3.05, 3.63) is 34.6 Å². The summed E-state index contributed by atoms with van der Waals surface area (Å²) in [5, 5.41) is 8.72. The number of aliphatic carboxylic acids is 1. The topological polar surface area (TPSA) is 57.6 Å². The van der Waals surface area contributed by atoms with Crippen LogP contribution in [0.2, 0.25) is 0 Å². The molecule has 3 rings (SSSR count). The van der Waals surface area contributed by atoms with Crippen LogP contribution in [0.25, 0.3) is 0 Å². The number of hydrogen-bond donors (Lipinski definition) is 1. The number of hydrogen-bond acceptors (Lipinski definition) is 2. The van der Waals surface area contributed by atoms with Crippen LogP contribution in [0.5, 0.6) is 0 Å². The van der Waals surface area contributed by atoms with Crippen molar-refractivity contribution < 1.29 is 32.3 Å². The van der Waals surface area contributed by atoms with E-state index in [0.29, 0.717) is 18.9 Å². The molecule has 0 radical (unpaired) electrons. The normalized spacial score (nSPS) is 19.0. The summed E-state index contributed by atoms with van der Waals surface area (Å²) in [5.74, 6) is -3.07.